The summed E-state index contributed by atoms with van der Waals surface area (Å²) in [4.78, 5) is 27.3. The van der Waals surface area contributed by atoms with Gasteiger partial charge in [0, 0.05) is 33.3 Å². The highest BCUT2D eigenvalue weighted by atomic mass is 32.2. The second kappa shape index (κ2) is 10.1. The molecule has 2 aromatic rings. The number of hydrogen-bond donors (Lipinski definition) is 1. The molecule has 1 N–H and O–H groups in total. The van der Waals surface area contributed by atoms with Crippen LogP contribution >= 0.6 is 0 Å². The molecule has 0 spiro atoms. The van der Waals surface area contributed by atoms with Crippen LogP contribution < -0.4 is 0 Å². The minimum Gasteiger partial charge on any atom is -0.507 e. The molecule has 1 heterocycles. The Labute approximate surface area is 200 Å². The van der Waals surface area contributed by atoms with Gasteiger partial charge in [-0.15, -0.1) is 0 Å². The number of amides is 1. The molecule has 1 saturated heterocycles. The Morgan fingerprint density at radius 2 is 1.65 bits per heavy atom. The number of hydrogen-bond acceptors (Lipinski definition) is 6. The first kappa shape index (κ1) is 25.6. The van der Waals surface area contributed by atoms with Crippen LogP contribution in [0.4, 0.5) is 0 Å². The molecule has 1 aliphatic rings. The van der Waals surface area contributed by atoms with Crippen LogP contribution in [0.5, 0.6) is 0 Å². The van der Waals surface area contributed by atoms with E-state index in [-0.39, 0.29) is 34.9 Å². The Kier molecular flexibility index (Phi) is 7.60. The summed E-state index contributed by atoms with van der Waals surface area (Å²) in [7, 11) is 0.709. The van der Waals surface area contributed by atoms with E-state index in [4.69, 9.17) is 4.74 Å². The Morgan fingerprint density at radius 3 is 2.15 bits per heavy atom. The number of methoxy groups -OCH3 is 1. The first-order valence-corrected chi connectivity index (χ1v) is 12.3. The van der Waals surface area contributed by atoms with Gasteiger partial charge in [-0.25, -0.2) is 12.7 Å². The highest BCUT2D eigenvalue weighted by molar-refractivity contribution is 7.89. The number of nitrogens with zero attached hydrogens (tertiary/aromatic N) is 2. The summed E-state index contributed by atoms with van der Waals surface area (Å²) in [5, 5.41) is 11.1. The summed E-state index contributed by atoms with van der Waals surface area (Å²) >= 11 is 0. The maximum Gasteiger partial charge on any atom is 0.295 e. The van der Waals surface area contributed by atoms with Crippen LogP contribution in [0.2, 0.25) is 0 Å². The van der Waals surface area contributed by atoms with Gasteiger partial charge in [0.1, 0.15) is 5.76 Å². The summed E-state index contributed by atoms with van der Waals surface area (Å²) in [6.07, 6.45) is 0. The number of likely N-dealkylation sites (tertiary alicyclic amines) is 1. The van der Waals surface area contributed by atoms with E-state index in [0.29, 0.717) is 11.5 Å². The summed E-state index contributed by atoms with van der Waals surface area (Å²) in [5.74, 6) is -1.56. The van der Waals surface area contributed by atoms with Crippen LogP contribution in [0.25, 0.3) is 5.76 Å². The van der Waals surface area contributed by atoms with E-state index >= 15 is 0 Å². The standard InChI is InChI=1S/C25H30N2O6S/c1-16(2)17-6-8-18(9-7-17)22-21(24(29)25(30)27(22)14-15-33-5)23(28)19-10-12-20(13-11-19)34(31,32)26(3)4/h6-13,16,22,28H,14-15H2,1-5H3/b23-21+/t22-/m1/s1. The SMILES string of the molecule is COCCN1C(=O)C(=O)/C(=C(/O)c2ccc(S(=O)(=O)N(C)C)cc2)[C@H]1c1ccc(C(C)C)cc1. The van der Waals surface area contributed by atoms with E-state index in [0.717, 1.165) is 9.87 Å². The number of Topliss-reactive ketones (excluding diaryl/α,β-unsaturated/α-hetero) is 1. The molecular formula is C25H30N2O6S. The zero-order valence-electron chi connectivity index (χ0n) is 20.0. The number of sulfonamides is 1. The van der Waals surface area contributed by atoms with Crippen molar-refractivity contribution in [3.63, 3.8) is 0 Å². The Bertz CT molecular complexity index is 1200. The lowest BCUT2D eigenvalue weighted by Gasteiger charge is -2.25. The van der Waals surface area contributed by atoms with Gasteiger partial charge in [-0.2, -0.15) is 0 Å². The number of benzene rings is 2. The fraction of sp³-hybridized carbons (Fsp3) is 0.360. The molecule has 1 fully saturated rings. The molecule has 3 rings (SSSR count). The second-order valence-electron chi connectivity index (χ2n) is 8.62. The van der Waals surface area contributed by atoms with Crippen LogP contribution in [0.3, 0.4) is 0 Å². The summed E-state index contributed by atoms with van der Waals surface area (Å²) in [6, 6.07) is 12.4. The van der Waals surface area contributed by atoms with Gasteiger partial charge in [0.15, 0.2) is 0 Å². The van der Waals surface area contributed by atoms with E-state index < -0.39 is 27.8 Å². The molecule has 2 aromatic carbocycles. The normalized spacial score (nSPS) is 18.3. The predicted molar refractivity (Wildman–Crippen MR) is 129 cm³/mol. The van der Waals surface area contributed by atoms with Gasteiger partial charge in [-0.1, -0.05) is 38.1 Å². The van der Waals surface area contributed by atoms with Crippen molar-refractivity contribution in [1.29, 1.82) is 0 Å². The molecular weight excluding hydrogens is 456 g/mol. The number of ether oxygens (including phenoxy) is 1. The van der Waals surface area contributed by atoms with Crippen molar-refractivity contribution in [3.05, 3.63) is 70.8 Å². The van der Waals surface area contributed by atoms with Gasteiger partial charge >= 0.3 is 0 Å². The van der Waals surface area contributed by atoms with Crippen LogP contribution in [-0.4, -0.2) is 68.8 Å². The fourth-order valence-electron chi connectivity index (χ4n) is 3.86. The van der Waals surface area contributed by atoms with E-state index in [1.807, 2.05) is 24.3 Å². The Morgan fingerprint density at radius 1 is 1.06 bits per heavy atom. The van der Waals surface area contributed by atoms with Crippen molar-refractivity contribution < 1.29 is 27.9 Å². The molecule has 182 valence electrons. The van der Waals surface area contributed by atoms with E-state index in [1.54, 1.807) is 0 Å². The lowest BCUT2D eigenvalue weighted by atomic mass is 9.93. The van der Waals surface area contributed by atoms with Crippen molar-refractivity contribution in [2.45, 2.75) is 30.7 Å². The van der Waals surface area contributed by atoms with Crippen LogP contribution in [0.1, 0.15) is 42.5 Å². The highest BCUT2D eigenvalue weighted by Crippen LogP contribution is 2.39. The first-order valence-electron chi connectivity index (χ1n) is 10.9. The van der Waals surface area contributed by atoms with E-state index in [9.17, 15) is 23.1 Å². The van der Waals surface area contributed by atoms with Crippen LogP contribution in [0, 0.1) is 0 Å². The number of aliphatic hydroxyl groups excluding tert-OH is 1. The summed E-state index contributed by atoms with van der Waals surface area (Å²) in [5.41, 5.74) is 2.00. The smallest absolute Gasteiger partial charge is 0.295 e. The topological polar surface area (TPSA) is 104 Å². The molecule has 1 amide bonds. The minimum atomic E-state index is -3.65. The Balaban J connectivity index is 2.11. The highest BCUT2D eigenvalue weighted by Gasteiger charge is 2.45. The molecule has 9 heteroatoms. The summed E-state index contributed by atoms with van der Waals surface area (Å²) < 4.78 is 30.9. The first-order chi connectivity index (χ1) is 16.0. The van der Waals surface area contributed by atoms with Crippen molar-refractivity contribution in [3.8, 4) is 0 Å². The largest absolute Gasteiger partial charge is 0.507 e. The average molecular weight is 487 g/mol. The zero-order chi connectivity index (χ0) is 25.2. The van der Waals surface area contributed by atoms with Gasteiger partial charge in [-0.05, 0) is 41.3 Å². The second-order valence-corrected chi connectivity index (χ2v) is 10.8. The van der Waals surface area contributed by atoms with Crippen molar-refractivity contribution in [2.75, 3.05) is 34.4 Å². The number of carbonyl (C=O) groups excluding carboxylic acids is 2. The number of aliphatic hydroxyl groups is 1. The van der Waals surface area contributed by atoms with Gasteiger partial charge in [0.25, 0.3) is 11.7 Å². The average Bonchev–Trinajstić information content (AvgIpc) is 3.07. The monoisotopic (exact) mass is 486 g/mol. The lowest BCUT2D eigenvalue weighted by Crippen LogP contribution is -2.32. The molecule has 8 nitrogen and oxygen atoms in total. The third-order valence-electron chi connectivity index (χ3n) is 5.90. The number of carbonyl (C=O) groups is 2. The fourth-order valence-corrected chi connectivity index (χ4v) is 4.76. The molecule has 0 bridgehead atoms. The van der Waals surface area contributed by atoms with Crippen molar-refractivity contribution >= 4 is 27.5 Å². The molecule has 34 heavy (non-hydrogen) atoms. The number of ketones is 1. The van der Waals surface area contributed by atoms with E-state index in [2.05, 4.69) is 13.8 Å². The third-order valence-corrected chi connectivity index (χ3v) is 7.73. The summed E-state index contributed by atoms with van der Waals surface area (Å²) in [6.45, 7) is 4.54. The molecule has 0 aromatic heterocycles. The van der Waals surface area contributed by atoms with Gasteiger partial charge in [0.2, 0.25) is 10.0 Å². The zero-order valence-corrected chi connectivity index (χ0v) is 20.8. The quantitative estimate of drug-likeness (QED) is 0.349. The van der Waals surface area contributed by atoms with Gasteiger partial charge in [0.05, 0.1) is 23.1 Å². The predicted octanol–water partition coefficient (Wildman–Crippen LogP) is 3.13. The molecule has 1 atom stereocenters. The molecule has 0 radical (unpaired) electrons. The van der Waals surface area contributed by atoms with E-state index in [1.165, 1.54) is 50.4 Å². The molecule has 0 aliphatic carbocycles. The number of rotatable bonds is 8. The lowest BCUT2D eigenvalue weighted by molar-refractivity contribution is -0.140. The molecule has 1 aliphatic heterocycles. The van der Waals surface area contributed by atoms with Crippen molar-refractivity contribution in [1.82, 2.24) is 9.21 Å². The third kappa shape index (κ3) is 4.77. The Hall–Kier alpha value is -3.01. The molecule has 0 unspecified atom stereocenters. The van der Waals surface area contributed by atoms with Crippen LogP contribution in [-0.2, 0) is 24.3 Å². The van der Waals surface area contributed by atoms with Gasteiger partial charge < -0.3 is 14.7 Å². The van der Waals surface area contributed by atoms with Gasteiger partial charge in [-0.3, -0.25) is 9.59 Å². The maximum atomic E-state index is 13.0. The van der Waals surface area contributed by atoms with Crippen molar-refractivity contribution in [2.24, 2.45) is 0 Å². The maximum absolute atomic E-state index is 13.0. The molecule has 0 saturated carbocycles. The minimum absolute atomic E-state index is 0.0402. The van der Waals surface area contributed by atoms with Crippen LogP contribution in [0.15, 0.2) is 59.0 Å².